The van der Waals surface area contributed by atoms with Crippen molar-refractivity contribution in [2.24, 2.45) is 11.8 Å². The Morgan fingerprint density at radius 2 is 1.79 bits per heavy atom. The van der Waals surface area contributed by atoms with E-state index >= 15 is 0 Å². The molecule has 2 heteroatoms. The van der Waals surface area contributed by atoms with E-state index < -0.39 is 0 Å². The van der Waals surface area contributed by atoms with Crippen molar-refractivity contribution in [3.8, 4) is 5.75 Å². The molecule has 2 nitrogen and oxygen atoms in total. The fourth-order valence-electron chi connectivity index (χ4n) is 2.89. The third kappa shape index (κ3) is 4.24. The lowest BCUT2D eigenvalue weighted by atomic mass is 9.83. The Bertz CT molecular complexity index is 365. The zero-order valence-corrected chi connectivity index (χ0v) is 12.5. The number of rotatable bonds is 5. The molecule has 1 saturated carbocycles. The van der Waals surface area contributed by atoms with E-state index in [1.54, 1.807) is 7.11 Å². The molecule has 1 N–H and O–H groups in total. The number of benzene rings is 1. The quantitative estimate of drug-likeness (QED) is 0.859. The molecule has 1 aliphatic rings. The van der Waals surface area contributed by atoms with Crippen molar-refractivity contribution in [3.63, 3.8) is 0 Å². The summed E-state index contributed by atoms with van der Waals surface area (Å²) in [6, 6.07) is 8.80. The van der Waals surface area contributed by atoms with Gasteiger partial charge in [0.1, 0.15) is 5.75 Å². The molecule has 0 spiro atoms. The second-order valence-corrected chi connectivity index (χ2v) is 6.03. The zero-order chi connectivity index (χ0) is 13.7. The Morgan fingerprint density at radius 3 is 2.37 bits per heavy atom. The molecule has 106 valence electrons. The summed E-state index contributed by atoms with van der Waals surface area (Å²) in [7, 11) is 1.71. The first-order valence-electron chi connectivity index (χ1n) is 7.56. The molecule has 19 heavy (non-hydrogen) atoms. The van der Waals surface area contributed by atoms with Crippen LogP contribution in [0.1, 0.15) is 51.1 Å². The minimum atomic E-state index is 0.422. The molecule has 0 unspecified atom stereocenters. The van der Waals surface area contributed by atoms with Gasteiger partial charge in [-0.25, -0.2) is 0 Å². The van der Waals surface area contributed by atoms with Crippen LogP contribution in [0.2, 0.25) is 0 Å². The Hall–Kier alpha value is -1.02. The maximum Gasteiger partial charge on any atom is 0.118 e. The lowest BCUT2D eigenvalue weighted by Crippen LogP contribution is -2.28. The van der Waals surface area contributed by atoms with E-state index in [1.165, 1.54) is 31.2 Å². The standard InChI is InChI=1S/C17H27NO/c1-13-4-6-15(7-5-13)12-18-14(2)16-8-10-17(19-3)11-9-16/h8-11,13-15,18H,4-7,12H2,1-3H3/t13?,14-,15?/m1/s1. The highest BCUT2D eigenvalue weighted by molar-refractivity contribution is 5.28. The Kier molecular flexibility index (Phi) is 5.26. The van der Waals surface area contributed by atoms with Crippen LogP contribution in [0.3, 0.4) is 0 Å². The van der Waals surface area contributed by atoms with Crippen LogP contribution in [0.4, 0.5) is 0 Å². The molecule has 1 atom stereocenters. The van der Waals surface area contributed by atoms with Crippen molar-refractivity contribution in [2.75, 3.05) is 13.7 Å². The number of hydrogen-bond acceptors (Lipinski definition) is 2. The number of methoxy groups -OCH3 is 1. The third-order valence-electron chi connectivity index (χ3n) is 4.46. The van der Waals surface area contributed by atoms with Crippen LogP contribution in [0, 0.1) is 11.8 Å². The van der Waals surface area contributed by atoms with Crippen LogP contribution in [0.25, 0.3) is 0 Å². The number of hydrogen-bond donors (Lipinski definition) is 1. The Morgan fingerprint density at radius 1 is 1.16 bits per heavy atom. The zero-order valence-electron chi connectivity index (χ0n) is 12.5. The van der Waals surface area contributed by atoms with Gasteiger partial charge in [0.25, 0.3) is 0 Å². The summed E-state index contributed by atoms with van der Waals surface area (Å²) in [6.07, 6.45) is 5.60. The van der Waals surface area contributed by atoms with E-state index in [0.29, 0.717) is 6.04 Å². The normalized spacial score (nSPS) is 25.0. The maximum atomic E-state index is 5.19. The van der Waals surface area contributed by atoms with Crippen LogP contribution in [0.5, 0.6) is 5.75 Å². The smallest absolute Gasteiger partial charge is 0.118 e. The predicted octanol–water partition coefficient (Wildman–Crippen LogP) is 4.17. The van der Waals surface area contributed by atoms with Crippen molar-refractivity contribution < 1.29 is 4.74 Å². The average Bonchev–Trinajstić information content (AvgIpc) is 2.46. The van der Waals surface area contributed by atoms with Gasteiger partial charge in [-0.05, 0) is 55.8 Å². The highest BCUT2D eigenvalue weighted by Gasteiger charge is 2.18. The predicted molar refractivity (Wildman–Crippen MR) is 80.5 cm³/mol. The van der Waals surface area contributed by atoms with E-state index in [4.69, 9.17) is 4.74 Å². The molecule has 0 bridgehead atoms. The summed E-state index contributed by atoms with van der Waals surface area (Å²) in [5.41, 5.74) is 1.34. The van der Waals surface area contributed by atoms with Gasteiger partial charge < -0.3 is 10.1 Å². The molecule has 1 aliphatic carbocycles. The monoisotopic (exact) mass is 261 g/mol. The van der Waals surface area contributed by atoms with Crippen molar-refractivity contribution in [1.29, 1.82) is 0 Å². The van der Waals surface area contributed by atoms with Gasteiger partial charge in [0.05, 0.1) is 7.11 Å². The van der Waals surface area contributed by atoms with E-state index in [0.717, 1.165) is 24.1 Å². The van der Waals surface area contributed by atoms with Gasteiger partial charge in [-0.1, -0.05) is 31.9 Å². The summed E-state index contributed by atoms with van der Waals surface area (Å²) in [4.78, 5) is 0. The molecule has 0 saturated heterocycles. The third-order valence-corrected chi connectivity index (χ3v) is 4.46. The summed E-state index contributed by atoms with van der Waals surface area (Å²) >= 11 is 0. The fourth-order valence-corrected chi connectivity index (χ4v) is 2.89. The molecular formula is C17H27NO. The Labute approximate surface area is 117 Å². The Balaban J connectivity index is 1.78. The minimum absolute atomic E-state index is 0.422. The molecule has 0 heterocycles. The molecule has 0 aliphatic heterocycles. The molecule has 1 aromatic carbocycles. The highest BCUT2D eigenvalue weighted by atomic mass is 16.5. The first-order valence-corrected chi connectivity index (χ1v) is 7.56. The summed E-state index contributed by atoms with van der Waals surface area (Å²) in [5.74, 6) is 2.74. The van der Waals surface area contributed by atoms with Crippen LogP contribution >= 0.6 is 0 Å². The van der Waals surface area contributed by atoms with Crippen molar-refractivity contribution in [2.45, 2.75) is 45.6 Å². The topological polar surface area (TPSA) is 21.3 Å². The lowest BCUT2D eigenvalue weighted by Gasteiger charge is -2.27. The number of nitrogens with one attached hydrogen (secondary N) is 1. The molecule has 1 aromatic rings. The van der Waals surface area contributed by atoms with Gasteiger partial charge in [-0.15, -0.1) is 0 Å². The van der Waals surface area contributed by atoms with E-state index in [-0.39, 0.29) is 0 Å². The lowest BCUT2D eigenvalue weighted by molar-refractivity contribution is 0.276. The van der Waals surface area contributed by atoms with Crippen molar-refractivity contribution in [1.82, 2.24) is 5.32 Å². The SMILES string of the molecule is COc1ccc([C@@H](C)NCC2CCC(C)CC2)cc1. The summed E-state index contributed by atoms with van der Waals surface area (Å²) < 4.78 is 5.19. The van der Waals surface area contributed by atoms with Crippen LogP contribution in [-0.2, 0) is 0 Å². The molecule has 1 fully saturated rings. The molecular weight excluding hydrogens is 234 g/mol. The second-order valence-electron chi connectivity index (χ2n) is 6.03. The second kappa shape index (κ2) is 6.95. The van der Waals surface area contributed by atoms with Crippen molar-refractivity contribution in [3.05, 3.63) is 29.8 Å². The van der Waals surface area contributed by atoms with Gasteiger partial charge in [-0.3, -0.25) is 0 Å². The molecule has 2 rings (SSSR count). The van der Waals surface area contributed by atoms with E-state index in [1.807, 2.05) is 12.1 Å². The van der Waals surface area contributed by atoms with Gasteiger partial charge in [0.2, 0.25) is 0 Å². The van der Waals surface area contributed by atoms with Gasteiger partial charge in [-0.2, -0.15) is 0 Å². The highest BCUT2D eigenvalue weighted by Crippen LogP contribution is 2.28. The largest absolute Gasteiger partial charge is 0.497 e. The molecule has 0 radical (unpaired) electrons. The summed E-state index contributed by atoms with van der Waals surface area (Å²) in [6.45, 7) is 5.77. The maximum absolute atomic E-state index is 5.19. The van der Waals surface area contributed by atoms with Crippen LogP contribution in [-0.4, -0.2) is 13.7 Å². The minimum Gasteiger partial charge on any atom is -0.497 e. The van der Waals surface area contributed by atoms with Gasteiger partial charge >= 0.3 is 0 Å². The van der Waals surface area contributed by atoms with Crippen LogP contribution < -0.4 is 10.1 Å². The first kappa shape index (κ1) is 14.4. The fraction of sp³-hybridized carbons (Fsp3) is 0.647. The molecule has 0 amide bonds. The first-order chi connectivity index (χ1) is 9.19. The van der Waals surface area contributed by atoms with E-state index in [9.17, 15) is 0 Å². The van der Waals surface area contributed by atoms with E-state index in [2.05, 4.69) is 31.3 Å². The van der Waals surface area contributed by atoms with Crippen LogP contribution in [0.15, 0.2) is 24.3 Å². The van der Waals surface area contributed by atoms with Crippen molar-refractivity contribution >= 4 is 0 Å². The summed E-state index contributed by atoms with van der Waals surface area (Å²) in [5, 5.41) is 3.68. The molecule has 0 aromatic heterocycles. The number of ether oxygens (including phenoxy) is 1. The van der Waals surface area contributed by atoms with Gasteiger partial charge in [0, 0.05) is 6.04 Å². The average molecular weight is 261 g/mol. The van der Waals surface area contributed by atoms with Gasteiger partial charge in [0.15, 0.2) is 0 Å².